The SMILES string of the molecule is CNC(=O)C(C)(C)CNC1CCCc2cccnc21. The van der Waals surface area contributed by atoms with Crippen LogP contribution in [0.5, 0.6) is 0 Å². The quantitative estimate of drug-likeness (QED) is 0.869. The van der Waals surface area contributed by atoms with Gasteiger partial charge in [-0.25, -0.2) is 0 Å². The third-order valence-corrected chi connectivity index (χ3v) is 3.83. The van der Waals surface area contributed by atoms with Gasteiger partial charge in [0.05, 0.1) is 11.1 Å². The van der Waals surface area contributed by atoms with Crippen LogP contribution < -0.4 is 10.6 Å². The molecule has 1 aromatic rings. The molecule has 0 aliphatic heterocycles. The number of hydrogen-bond acceptors (Lipinski definition) is 3. The van der Waals surface area contributed by atoms with Crippen LogP contribution in [-0.2, 0) is 11.2 Å². The molecule has 1 aromatic heterocycles. The highest BCUT2D eigenvalue weighted by molar-refractivity contribution is 5.81. The molecule has 1 unspecified atom stereocenters. The number of carbonyl (C=O) groups is 1. The van der Waals surface area contributed by atoms with E-state index < -0.39 is 5.41 Å². The average molecular weight is 261 g/mol. The minimum Gasteiger partial charge on any atom is -0.359 e. The fraction of sp³-hybridized carbons (Fsp3) is 0.600. The number of aryl methyl sites for hydroxylation is 1. The molecule has 1 amide bonds. The fourth-order valence-electron chi connectivity index (χ4n) is 2.61. The molecule has 4 heteroatoms. The number of carbonyl (C=O) groups excluding carboxylic acids is 1. The summed E-state index contributed by atoms with van der Waals surface area (Å²) in [6.07, 6.45) is 5.23. The van der Waals surface area contributed by atoms with Crippen LogP contribution in [0, 0.1) is 5.41 Å². The molecular formula is C15H23N3O. The lowest BCUT2D eigenvalue weighted by Crippen LogP contribution is -2.43. The van der Waals surface area contributed by atoms with Gasteiger partial charge < -0.3 is 10.6 Å². The molecule has 4 nitrogen and oxygen atoms in total. The molecule has 104 valence electrons. The molecule has 1 aliphatic rings. The Kier molecular flexibility index (Phi) is 4.20. The molecule has 0 fully saturated rings. The third kappa shape index (κ3) is 3.13. The van der Waals surface area contributed by atoms with E-state index in [1.165, 1.54) is 12.0 Å². The van der Waals surface area contributed by atoms with Crippen molar-refractivity contribution in [1.82, 2.24) is 15.6 Å². The number of amides is 1. The Morgan fingerprint density at radius 2 is 2.32 bits per heavy atom. The molecule has 2 rings (SSSR count). The van der Waals surface area contributed by atoms with Gasteiger partial charge in [-0.15, -0.1) is 0 Å². The molecule has 1 aliphatic carbocycles. The summed E-state index contributed by atoms with van der Waals surface area (Å²) in [5.74, 6) is 0.0667. The number of rotatable bonds is 4. The second-order valence-electron chi connectivity index (χ2n) is 5.84. The number of nitrogens with one attached hydrogen (secondary N) is 2. The van der Waals surface area contributed by atoms with Gasteiger partial charge in [0, 0.05) is 25.8 Å². The summed E-state index contributed by atoms with van der Waals surface area (Å²) in [6, 6.07) is 4.42. The lowest BCUT2D eigenvalue weighted by Gasteiger charge is -2.29. The van der Waals surface area contributed by atoms with Crippen molar-refractivity contribution in [3.8, 4) is 0 Å². The molecule has 1 atom stereocenters. The first-order valence-corrected chi connectivity index (χ1v) is 6.94. The maximum absolute atomic E-state index is 11.8. The monoisotopic (exact) mass is 261 g/mol. The molecule has 0 radical (unpaired) electrons. The minimum atomic E-state index is -0.402. The van der Waals surface area contributed by atoms with Crippen LogP contribution in [0.2, 0.25) is 0 Å². The second kappa shape index (κ2) is 5.70. The van der Waals surface area contributed by atoms with E-state index in [1.54, 1.807) is 7.05 Å². The van der Waals surface area contributed by atoms with Gasteiger partial charge in [-0.05, 0) is 44.7 Å². The molecule has 1 heterocycles. The summed E-state index contributed by atoms with van der Waals surface area (Å²) < 4.78 is 0. The van der Waals surface area contributed by atoms with Crippen LogP contribution >= 0.6 is 0 Å². The Balaban J connectivity index is 2.04. The van der Waals surface area contributed by atoms with Gasteiger partial charge >= 0.3 is 0 Å². The van der Waals surface area contributed by atoms with Crippen LogP contribution in [0.4, 0.5) is 0 Å². The van der Waals surface area contributed by atoms with Crippen LogP contribution in [-0.4, -0.2) is 24.5 Å². The molecule has 0 saturated heterocycles. The predicted octanol–water partition coefficient (Wildman–Crippen LogP) is 1.82. The van der Waals surface area contributed by atoms with E-state index in [-0.39, 0.29) is 11.9 Å². The second-order valence-corrected chi connectivity index (χ2v) is 5.84. The lowest BCUT2D eigenvalue weighted by molar-refractivity contribution is -0.128. The molecular weight excluding hydrogens is 238 g/mol. The van der Waals surface area contributed by atoms with E-state index in [0.717, 1.165) is 18.5 Å². The van der Waals surface area contributed by atoms with Crippen molar-refractivity contribution in [1.29, 1.82) is 0 Å². The van der Waals surface area contributed by atoms with Gasteiger partial charge in [-0.2, -0.15) is 0 Å². The van der Waals surface area contributed by atoms with Crippen molar-refractivity contribution in [3.05, 3.63) is 29.6 Å². The van der Waals surface area contributed by atoms with E-state index in [2.05, 4.69) is 21.7 Å². The highest BCUT2D eigenvalue weighted by atomic mass is 16.2. The maximum Gasteiger partial charge on any atom is 0.226 e. The van der Waals surface area contributed by atoms with Crippen molar-refractivity contribution in [2.45, 2.75) is 39.2 Å². The largest absolute Gasteiger partial charge is 0.359 e. The fourth-order valence-corrected chi connectivity index (χ4v) is 2.61. The predicted molar refractivity (Wildman–Crippen MR) is 75.8 cm³/mol. The van der Waals surface area contributed by atoms with Gasteiger partial charge in [0.1, 0.15) is 0 Å². The van der Waals surface area contributed by atoms with Crippen molar-refractivity contribution in [2.24, 2.45) is 5.41 Å². The van der Waals surface area contributed by atoms with Crippen molar-refractivity contribution >= 4 is 5.91 Å². The van der Waals surface area contributed by atoms with Crippen LogP contribution in [0.15, 0.2) is 18.3 Å². The molecule has 19 heavy (non-hydrogen) atoms. The zero-order valence-electron chi connectivity index (χ0n) is 12.0. The Hall–Kier alpha value is -1.42. The molecule has 0 spiro atoms. The van der Waals surface area contributed by atoms with Gasteiger partial charge in [0.2, 0.25) is 5.91 Å². The van der Waals surface area contributed by atoms with Gasteiger partial charge in [-0.1, -0.05) is 6.07 Å². The third-order valence-electron chi connectivity index (χ3n) is 3.83. The number of pyridine rings is 1. The van der Waals surface area contributed by atoms with Gasteiger partial charge in [0.25, 0.3) is 0 Å². The van der Waals surface area contributed by atoms with E-state index in [0.29, 0.717) is 6.54 Å². The van der Waals surface area contributed by atoms with Crippen molar-refractivity contribution < 1.29 is 4.79 Å². The standard InChI is InChI=1S/C15H23N3O/c1-15(2,14(19)16-3)10-18-12-8-4-6-11-7-5-9-17-13(11)12/h5,7,9,12,18H,4,6,8,10H2,1-3H3,(H,16,19). The Bertz CT molecular complexity index is 456. The molecule has 0 aromatic carbocycles. The number of nitrogens with zero attached hydrogens (tertiary/aromatic N) is 1. The first-order chi connectivity index (χ1) is 9.04. The highest BCUT2D eigenvalue weighted by Gasteiger charge is 2.29. The van der Waals surface area contributed by atoms with Crippen LogP contribution in [0.25, 0.3) is 0 Å². The van der Waals surface area contributed by atoms with E-state index >= 15 is 0 Å². The molecule has 0 bridgehead atoms. The van der Waals surface area contributed by atoms with E-state index in [9.17, 15) is 4.79 Å². The summed E-state index contributed by atoms with van der Waals surface area (Å²) >= 11 is 0. The highest BCUT2D eigenvalue weighted by Crippen LogP contribution is 2.28. The summed E-state index contributed by atoms with van der Waals surface area (Å²) in [6.45, 7) is 4.58. The first kappa shape index (κ1) is 14.0. The Morgan fingerprint density at radius 3 is 3.05 bits per heavy atom. The topological polar surface area (TPSA) is 54.0 Å². The van der Waals surface area contributed by atoms with Crippen molar-refractivity contribution in [3.63, 3.8) is 0 Å². The normalized spacial score (nSPS) is 18.8. The number of hydrogen-bond donors (Lipinski definition) is 2. The zero-order valence-corrected chi connectivity index (χ0v) is 12.0. The lowest BCUT2D eigenvalue weighted by atomic mass is 9.88. The van der Waals surface area contributed by atoms with Gasteiger partial charge in [-0.3, -0.25) is 9.78 Å². The van der Waals surface area contributed by atoms with Crippen LogP contribution in [0.1, 0.15) is 44.0 Å². The number of aromatic nitrogens is 1. The number of fused-ring (bicyclic) bond motifs is 1. The maximum atomic E-state index is 11.8. The molecule has 0 saturated carbocycles. The average Bonchev–Trinajstić information content (AvgIpc) is 2.44. The minimum absolute atomic E-state index is 0.0667. The summed E-state index contributed by atoms with van der Waals surface area (Å²) in [4.78, 5) is 16.3. The van der Waals surface area contributed by atoms with Gasteiger partial charge in [0.15, 0.2) is 0 Å². The first-order valence-electron chi connectivity index (χ1n) is 6.94. The van der Waals surface area contributed by atoms with Crippen molar-refractivity contribution in [2.75, 3.05) is 13.6 Å². The summed E-state index contributed by atoms with van der Waals surface area (Å²) in [5.41, 5.74) is 2.09. The summed E-state index contributed by atoms with van der Waals surface area (Å²) in [7, 11) is 1.68. The summed E-state index contributed by atoms with van der Waals surface area (Å²) in [5, 5.41) is 6.23. The Labute approximate surface area is 115 Å². The van der Waals surface area contributed by atoms with E-state index in [4.69, 9.17) is 0 Å². The van der Waals surface area contributed by atoms with E-state index in [1.807, 2.05) is 26.1 Å². The molecule has 2 N–H and O–H groups in total. The Morgan fingerprint density at radius 1 is 1.53 bits per heavy atom. The smallest absolute Gasteiger partial charge is 0.226 e. The zero-order chi connectivity index (χ0) is 13.9. The van der Waals surface area contributed by atoms with Crippen LogP contribution in [0.3, 0.4) is 0 Å².